The van der Waals surface area contributed by atoms with Crippen molar-refractivity contribution in [3.05, 3.63) is 243 Å². The van der Waals surface area contributed by atoms with Crippen LogP contribution < -0.4 is 9.08 Å². The molecule has 0 aliphatic heterocycles. The van der Waals surface area contributed by atoms with Crippen LogP contribution in [0.25, 0.3) is 108 Å². The Bertz CT molecular complexity index is 4740. The monoisotopic (exact) mass is 1030 g/mol. The average Bonchev–Trinajstić information content (AvgIpc) is 4.24. The van der Waals surface area contributed by atoms with Crippen molar-refractivity contribution in [2.75, 3.05) is 4.90 Å². The summed E-state index contributed by atoms with van der Waals surface area (Å²) in [4.78, 5) is 1.96. The second-order valence-electron chi connectivity index (χ2n) is 18.8. The number of rotatable bonds is 9. The van der Waals surface area contributed by atoms with Gasteiger partial charge in [-0.2, -0.15) is 21.6 Å². The first-order valence-corrected chi connectivity index (χ1v) is 26.9. The number of nitrogens with zero attached hydrogens (tertiary/aromatic N) is 3. The van der Waals surface area contributed by atoms with E-state index in [1.807, 2.05) is 114 Å². The van der Waals surface area contributed by atoms with Gasteiger partial charge in [0.2, 0.25) is 0 Å². The Kier molecular flexibility index (Phi) is 10.5. The molecule has 0 aliphatic rings. The molecule has 3 aromatic heterocycles. The fraction of sp³-hybridized carbons (Fsp3) is 0.0154. The number of hydrogen-bond acceptors (Lipinski definition) is 5. The number of thiophene rings is 1. The zero-order valence-electron chi connectivity index (χ0n) is 40.1. The molecule has 14 rings (SSSR count). The molecule has 0 saturated carbocycles. The number of alkyl halides is 3. The molecule has 0 radical (unpaired) electrons. The molecule has 76 heavy (non-hydrogen) atoms. The van der Waals surface area contributed by atoms with Crippen molar-refractivity contribution in [1.82, 2.24) is 9.13 Å². The first kappa shape index (κ1) is 45.5. The van der Waals surface area contributed by atoms with Crippen LogP contribution in [-0.4, -0.2) is 23.1 Å². The summed E-state index contributed by atoms with van der Waals surface area (Å²) >= 11 is 1.48. The minimum atomic E-state index is -6.08. The summed E-state index contributed by atoms with van der Waals surface area (Å²) < 4.78 is 80.1. The van der Waals surface area contributed by atoms with Gasteiger partial charge in [-0.15, -0.1) is 11.3 Å². The SMILES string of the molecule is O=S(=O)(Oc1cc(N(c2ccccc2)c2cccc(-c3cccc4c5ccccc5n(-c5ccccc5)c34)c2)c2sc3ccc(-c4cccc5c4c4ccc6ccccc6c4n5-c4ccccc4)cc3c2c1)C(F)(F)F. The predicted molar refractivity (Wildman–Crippen MR) is 307 cm³/mol. The zero-order valence-corrected chi connectivity index (χ0v) is 41.7. The highest BCUT2D eigenvalue weighted by Gasteiger charge is 2.48. The van der Waals surface area contributed by atoms with Crippen molar-refractivity contribution in [3.63, 3.8) is 0 Å². The van der Waals surface area contributed by atoms with Crippen molar-refractivity contribution < 1.29 is 25.8 Å². The molecule has 0 unspecified atom stereocenters. The van der Waals surface area contributed by atoms with Gasteiger partial charge in [0.1, 0.15) is 5.75 Å². The van der Waals surface area contributed by atoms with Crippen molar-refractivity contribution in [3.8, 4) is 39.4 Å². The lowest BCUT2D eigenvalue weighted by Crippen LogP contribution is -2.28. The smallest absolute Gasteiger partial charge is 0.376 e. The van der Waals surface area contributed by atoms with Crippen LogP contribution in [0.5, 0.6) is 5.75 Å². The minimum absolute atomic E-state index is 0.437. The van der Waals surface area contributed by atoms with Crippen LogP contribution in [-0.2, 0) is 10.1 Å². The summed E-state index contributed by atoms with van der Waals surface area (Å²) in [6, 6.07) is 80.7. The Hall–Kier alpha value is -9.16. The number of para-hydroxylation sites is 5. The van der Waals surface area contributed by atoms with Gasteiger partial charge < -0.3 is 18.2 Å². The number of halogens is 3. The molecule has 0 amide bonds. The van der Waals surface area contributed by atoms with E-state index in [4.69, 9.17) is 4.18 Å². The van der Waals surface area contributed by atoms with Gasteiger partial charge in [0.25, 0.3) is 0 Å². The number of fused-ring (bicyclic) bond motifs is 11. The fourth-order valence-corrected chi connectivity index (χ4v) is 12.8. The second-order valence-corrected chi connectivity index (χ2v) is 21.4. The molecule has 0 aliphatic carbocycles. The number of anilines is 3. The van der Waals surface area contributed by atoms with E-state index in [0.29, 0.717) is 22.4 Å². The molecule has 0 atom stereocenters. The van der Waals surface area contributed by atoms with Crippen LogP contribution in [0.15, 0.2) is 243 Å². The number of hydrogen-bond donors (Lipinski definition) is 0. The molecule has 14 aromatic rings. The van der Waals surface area contributed by atoms with E-state index in [9.17, 15) is 21.6 Å². The molecular weight excluding hydrogens is 992 g/mol. The van der Waals surface area contributed by atoms with E-state index in [-0.39, 0.29) is 0 Å². The molecule has 11 heteroatoms. The van der Waals surface area contributed by atoms with E-state index < -0.39 is 21.4 Å². The third-order valence-electron chi connectivity index (χ3n) is 14.4. The highest BCUT2D eigenvalue weighted by molar-refractivity contribution is 7.88. The molecule has 366 valence electrons. The van der Waals surface area contributed by atoms with Crippen LogP contribution in [0.3, 0.4) is 0 Å². The van der Waals surface area contributed by atoms with Crippen LogP contribution >= 0.6 is 11.3 Å². The van der Waals surface area contributed by atoms with Gasteiger partial charge in [0.15, 0.2) is 0 Å². The van der Waals surface area contributed by atoms with Gasteiger partial charge in [-0.05, 0) is 101 Å². The summed E-state index contributed by atoms with van der Waals surface area (Å²) in [5.74, 6) is -0.473. The minimum Gasteiger partial charge on any atom is -0.376 e. The maximum atomic E-state index is 14.3. The molecule has 0 fully saturated rings. The standard InChI is InChI=1S/C65H40F3N3O3S2/c66-65(67,68)76(72,73)74-48-39-56-55-38-43(49-28-16-32-58-61(49)54-35-33-41-17-10-11-26-50(41)63(54)71(58)46-23-8-3-9-24-46)34-36-60(55)75-64(56)59(40-48)69(44-19-4-1-5-20-44)47-25-14-18-42(37-47)51-29-15-30-53-52-27-12-13-31-57(52)70(62(51)53)45-21-6-2-7-22-45/h1-40H. The normalized spacial score (nSPS) is 12.2. The fourth-order valence-electron chi connectivity index (χ4n) is 11.2. The molecule has 0 N–H and O–H groups in total. The maximum absolute atomic E-state index is 14.3. The predicted octanol–water partition coefficient (Wildman–Crippen LogP) is 18.4. The molecule has 0 spiro atoms. The number of benzene rings is 11. The molecule has 11 aromatic carbocycles. The molecular formula is C65H40F3N3O3S2. The van der Waals surface area contributed by atoms with Crippen LogP contribution in [0.2, 0.25) is 0 Å². The van der Waals surface area contributed by atoms with Gasteiger partial charge in [0.05, 0.1) is 32.5 Å². The van der Waals surface area contributed by atoms with Crippen molar-refractivity contribution >= 4 is 113 Å². The summed E-state index contributed by atoms with van der Waals surface area (Å²) in [6.07, 6.45) is 0. The largest absolute Gasteiger partial charge is 0.534 e. The first-order chi connectivity index (χ1) is 37.1. The molecule has 0 saturated heterocycles. The average molecular weight is 1030 g/mol. The van der Waals surface area contributed by atoms with Crippen LogP contribution in [0.4, 0.5) is 30.2 Å². The van der Waals surface area contributed by atoms with Gasteiger partial charge in [-0.1, -0.05) is 158 Å². The highest BCUT2D eigenvalue weighted by atomic mass is 32.2. The van der Waals surface area contributed by atoms with E-state index in [0.717, 1.165) is 103 Å². The summed E-state index contributed by atoms with van der Waals surface area (Å²) in [5.41, 5.74) is 6.04. The lowest BCUT2D eigenvalue weighted by molar-refractivity contribution is -0.0500. The van der Waals surface area contributed by atoms with E-state index in [2.05, 4.69) is 130 Å². The van der Waals surface area contributed by atoms with E-state index in [1.54, 1.807) is 0 Å². The third kappa shape index (κ3) is 7.26. The lowest BCUT2D eigenvalue weighted by atomic mass is 9.97. The van der Waals surface area contributed by atoms with Gasteiger partial charge in [-0.3, -0.25) is 0 Å². The Labute approximate surface area is 438 Å². The topological polar surface area (TPSA) is 56.5 Å². The van der Waals surface area contributed by atoms with Gasteiger partial charge >= 0.3 is 15.6 Å². The Morgan fingerprint density at radius 1 is 0.447 bits per heavy atom. The third-order valence-corrected chi connectivity index (χ3v) is 16.6. The quantitative estimate of drug-likeness (QED) is 0.107. The Morgan fingerprint density at radius 3 is 1.82 bits per heavy atom. The van der Waals surface area contributed by atoms with Crippen molar-refractivity contribution in [1.29, 1.82) is 0 Å². The van der Waals surface area contributed by atoms with Crippen molar-refractivity contribution in [2.24, 2.45) is 0 Å². The van der Waals surface area contributed by atoms with E-state index in [1.165, 1.54) is 23.5 Å². The Morgan fingerprint density at radius 2 is 1.05 bits per heavy atom. The zero-order chi connectivity index (χ0) is 51.3. The second kappa shape index (κ2) is 17.5. The molecule has 3 heterocycles. The Balaban J connectivity index is 0.999. The maximum Gasteiger partial charge on any atom is 0.534 e. The first-order valence-electron chi connectivity index (χ1n) is 24.6. The summed E-state index contributed by atoms with van der Waals surface area (Å²) in [5, 5.41) is 7.78. The summed E-state index contributed by atoms with van der Waals surface area (Å²) in [7, 11) is -6.08. The van der Waals surface area contributed by atoms with Crippen molar-refractivity contribution in [2.45, 2.75) is 5.51 Å². The molecule has 6 nitrogen and oxygen atoms in total. The number of aromatic nitrogens is 2. The van der Waals surface area contributed by atoms with Gasteiger partial charge in [-0.25, -0.2) is 0 Å². The lowest BCUT2D eigenvalue weighted by Gasteiger charge is -2.27. The van der Waals surface area contributed by atoms with E-state index >= 15 is 0 Å². The molecule has 0 bridgehead atoms. The highest BCUT2D eigenvalue weighted by Crippen LogP contribution is 2.50. The van der Waals surface area contributed by atoms with Crippen LogP contribution in [0, 0.1) is 0 Å². The summed E-state index contributed by atoms with van der Waals surface area (Å²) in [6.45, 7) is 0. The van der Waals surface area contributed by atoms with Crippen LogP contribution in [0.1, 0.15) is 0 Å². The van der Waals surface area contributed by atoms with Gasteiger partial charge in [0, 0.05) is 76.8 Å².